The summed E-state index contributed by atoms with van der Waals surface area (Å²) in [5.41, 5.74) is -0.889. The zero-order valence-electron chi connectivity index (χ0n) is 12.8. The molecule has 122 valence electrons. The first-order chi connectivity index (χ1) is 11.0. The second-order valence-electron chi connectivity index (χ2n) is 5.83. The van der Waals surface area contributed by atoms with Gasteiger partial charge in [-0.3, -0.25) is 14.5 Å². The third-order valence-corrected chi connectivity index (χ3v) is 4.57. The van der Waals surface area contributed by atoms with Crippen molar-refractivity contribution in [2.45, 2.75) is 25.3 Å². The average molecular weight is 319 g/mol. The van der Waals surface area contributed by atoms with Gasteiger partial charge in [0, 0.05) is 19.6 Å². The lowest BCUT2D eigenvalue weighted by atomic mass is 9.87. The van der Waals surface area contributed by atoms with E-state index >= 15 is 0 Å². The number of carbonyl (C=O) groups is 3. The first-order valence-electron chi connectivity index (χ1n) is 7.66. The number of imide groups is 1. The fourth-order valence-electron chi connectivity index (χ4n) is 3.20. The smallest absolute Gasteiger partial charge is 0.325 e. The maximum atomic E-state index is 13.7. The lowest BCUT2D eigenvalue weighted by Crippen LogP contribution is -2.55. The van der Waals surface area contributed by atoms with Crippen LogP contribution in [0.1, 0.15) is 30.1 Å². The van der Waals surface area contributed by atoms with E-state index in [1.807, 2.05) is 0 Å². The molecule has 6 nitrogen and oxygen atoms in total. The summed E-state index contributed by atoms with van der Waals surface area (Å²) < 4.78 is 13.7. The standard InChI is InChI=1S/C16H18FN3O3/c1-2-20-14(22)16(18-15(20)23)7-9-19(10-8-16)13(21)11-5-3-4-6-12(11)17/h3-6H,2,7-10H2,1H3,(H,18,23). The second-order valence-corrected chi connectivity index (χ2v) is 5.83. The Kier molecular flexibility index (Phi) is 3.79. The zero-order chi connectivity index (χ0) is 16.6. The summed E-state index contributed by atoms with van der Waals surface area (Å²) in [5.74, 6) is -1.18. The molecule has 0 atom stereocenters. The summed E-state index contributed by atoms with van der Waals surface area (Å²) in [4.78, 5) is 39.3. The summed E-state index contributed by atoms with van der Waals surface area (Å²) in [6.07, 6.45) is 0.683. The van der Waals surface area contributed by atoms with Crippen LogP contribution in [-0.2, 0) is 4.79 Å². The molecule has 4 amide bonds. The number of benzene rings is 1. The number of urea groups is 1. The van der Waals surface area contributed by atoms with Crippen LogP contribution in [0.2, 0.25) is 0 Å². The van der Waals surface area contributed by atoms with Crippen LogP contribution in [0.5, 0.6) is 0 Å². The van der Waals surface area contributed by atoms with Crippen LogP contribution >= 0.6 is 0 Å². The number of carbonyl (C=O) groups excluding carboxylic acids is 3. The van der Waals surface area contributed by atoms with Crippen molar-refractivity contribution >= 4 is 17.8 Å². The molecule has 2 fully saturated rings. The Bertz CT molecular complexity index is 668. The van der Waals surface area contributed by atoms with Gasteiger partial charge in [-0.25, -0.2) is 9.18 Å². The molecular weight excluding hydrogens is 301 g/mol. The Morgan fingerprint density at radius 1 is 1.26 bits per heavy atom. The van der Waals surface area contributed by atoms with Gasteiger partial charge in [0.15, 0.2) is 0 Å². The highest BCUT2D eigenvalue weighted by Gasteiger charge is 2.52. The Balaban J connectivity index is 1.72. The van der Waals surface area contributed by atoms with Crippen LogP contribution < -0.4 is 5.32 Å². The molecule has 0 bridgehead atoms. The Hall–Kier alpha value is -2.44. The van der Waals surface area contributed by atoms with Crippen molar-refractivity contribution in [2.24, 2.45) is 0 Å². The van der Waals surface area contributed by atoms with Crippen molar-refractivity contribution in [3.8, 4) is 0 Å². The molecule has 2 aliphatic heterocycles. The normalized spacial score (nSPS) is 20.1. The summed E-state index contributed by atoms with van der Waals surface area (Å²) >= 11 is 0. The number of likely N-dealkylation sites (tertiary alicyclic amines) is 1. The number of nitrogens with one attached hydrogen (secondary N) is 1. The summed E-state index contributed by atoms with van der Waals surface area (Å²) in [6.45, 7) is 2.67. The van der Waals surface area contributed by atoms with E-state index in [1.165, 1.54) is 28.0 Å². The van der Waals surface area contributed by atoms with E-state index in [0.29, 0.717) is 32.5 Å². The van der Waals surface area contributed by atoms with E-state index in [1.54, 1.807) is 13.0 Å². The van der Waals surface area contributed by atoms with Crippen LogP contribution in [0.4, 0.5) is 9.18 Å². The first-order valence-corrected chi connectivity index (χ1v) is 7.66. The van der Waals surface area contributed by atoms with E-state index in [-0.39, 0.29) is 23.4 Å². The zero-order valence-corrected chi connectivity index (χ0v) is 12.8. The molecule has 0 aliphatic carbocycles. The van der Waals surface area contributed by atoms with Gasteiger partial charge in [-0.2, -0.15) is 0 Å². The van der Waals surface area contributed by atoms with Crippen molar-refractivity contribution in [1.29, 1.82) is 0 Å². The molecule has 2 saturated heterocycles. The highest BCUT2D eigenvalue weighted by molar-refractivity contribution is 6.07. The van der Waals surface area contributed by atoms with Crippen molar-refractivity contribution in [3.63, 3.8) is 0 Å². The van der Waals surface area contributed by atoms with Gasteiger partial charge in [-0.1, -0.05) is 12.1 Å². The molecule has 1 aromatic rings. The van der Waals surface area contributed by atoms with Crippen molar-refractivity contribution in [3.05, 3.63) is 35.6 Å². The van der Waals surface area contributed by atoms with Gasteiger partial charge >= 0.3 is 6.03 Å². The van der Waals surface area contributed by atoms with E-state index in [0.717, 1.165) is 0 Å². The minimum absolute atomic E-state index is 0.0282. The molecule has 3 rings (SSSR count). The number of nitrogens with zero attached hydrogens (tertiary/aromatic N) is 2. The topological polar surface area (TPSA) is 69.7 Å². The third-order valence-electron chi connectivity index (χ3n) is 4.57. The van der Waals surface area contributed by atoms with Gasteiger partial charge in [0.2, 0.25) is 0 Å². The molecular formula is C16H18FN3O3. The SMILES string of the molecule is CCN1C(=O)NC2(CCN(C(=O)c3ccccc3F)CC2)C1=O. The van der Waals surface area contributed by atoms with Gasteiger partial charge in [-0.15, -0.1) is 0 Å². The molecule has 7 heteroatoms. The number of amides is 4. The van der Waals surface area contributed by atoms with Crippen LogP contribution in [0, 0.1) is 5.82 Å². The Morgan fingerprint density at radius 3 is 2.48 bits per heavy atom. The Morgan fingerprint density at radius 2 is 1.91 bits per heavy atom. The van der Waals surface area contributed by atoms with Crippen LogP contribution in [0.3, 0.4) is 0 Å². The predicted molar refractivity (Wildman–Crippen MR) is 80.2 cm³/mol. The van der Waals surface area contributed by atoms with Gasteiger partial charge < -0.3 is 10.2 Å². The second kappa shape index (κ2) is 5.64. The maximum Gasteiger partial charge on any atom is 0.325 e. The van der Waals surface area contributed by atoms with Crippen LogP contribution in [0.25, 0.3) is 0 Å². The number of halogens is 1. The number of hydrogen-bond donors (Lipinski definition) is 1. The quantitative estimate of drug-likeness (QED) is 0.837. The third kappa shape index (κ3) is 2.46. The maximum absolute atomic E-state index is 13.7. The van der Waals surface area contributed by atoms with E-state index in [4.69, 9.17) is 0 Å². The average Bonchev–Trinajstić information content (AvgIpc) is 2.78. The molecule has 2 heterocycles. The molecule has 1 N–H and O–H groups in total. The van der Waals surface area contributed by atoms with Crippen molar-refractivity contribution in [2.75, 3.05) is 19.6 Å². The molecule has 1 spiro atoms. The first kappa shape index (κ1) is 15.5. The highest BCUT2D eigenvalue weighted by atomic mass is 19.1. The van der Waals surface area contributed by atoms with Gasteiger partial charge in [-0.05, 0) is 31.9 Å². The summed E-state index contributed by atoms with van der Waals surface area (Å²) in [5, 5.41) is 2.76. The molecule has 23 heavy (non-hydrogen) atoms. The monoisotopic (exact) mass is 319 g/mol. The van der Waals surface area contributed by atoms with Crippen molar-refractivity contribution in [1.82, 2.24) is 15.1 Å². The highest BCUT2D eigenvalue weighted by Crippen LogP contribution is 2.30. The lowest BCUT2D eigenvalue weighted by Gasteiger charge is -2.37. The predicted octanol–water partition coefficient (Wildman–Crippen LogP) is 1.37. The molecule has 0 unspecified atom stereocenters. The van der Waals surface area contributed by atoms with Gasteiger partial charge in [0.25, 0.3) is 11.8 Å². The van der Waals surface area contributed by atoms with Crippen molar-refractivity contribution < 1.29 is 18.8 Å². The molecule has 0 aromatic heterocycles. The number of hydrogen-bond acceptors (Lipinski definition) is 3. The fourth-order valence-corrected chi connectivity index (χ4v) is 3.20. The molecule has 1 aromatic carbocycles. The van der Waals surface area contributed by atoms with E-state index in [9.17, 15) is 18.8 Å². The number of piperidine rings is 1. The van der Waals surface area contributed by atoms with Crippen LogP contribution in [-0.4, -0.2) is 52.8 Å². The largest absolute Gasteiger partial charge is 0.338 e. The van der Waals surface area contributed by atoms with Crippen LogP contribution in [0.15, 0.2) is 24.3 Å². The number of rotatable bonds is 2. The summed E-state index contributed by atoms with van der Waals surface area (Å²) in [6, 6.07) is 5.46. The molecule has 0 saturated carbocycles. The van der Waals surface area contributed by atoms with E-state index in [2.05, 4.69) is 5.32 Å². The fraction of sp³-hybridized carbons (Fsp3) is 0.438. The minimum atomic E-state index is -0.918. The minimum Gasteiger partial charge on any atom is -0.338 e. The van der Waals surface area contributed by atoms with Gasteiger partial charge in [0.1, 0.15) is 11.4 Å². The number of likely N-dealkylation sites (N-methyl/N-ethyl adjacent to an activating group) is 1. The van der Waals surface area contributed by atoms with Gasteiger partial charge in [0.05, 0.1) is 5.56 Å². The van der Waals surface area contributed by atoms with E-state index < -0.39 is 11.4 Å². The summed E-state index contributed by atoms with van der Waals surface area (Å²) in [7, 11) is 0. The lowest BCUT2D eigenvalue weighted by molar-refractivity contribution is -0.132. The molecule has 2 aliphatic rings. The molecule has 0 radical (unpaired) electrons. The Labute approximate surface area is 133 Å².